The molecule has 0 radical (unpaired) electrons. The largest absolute Gasteiger partial charge is 0.388 e. The van der Waals surface area contributed by atoms with Gasteiger partial charge in [-0.2, -0.15) is 0 Å². The van der Waals surface area contributed by atoms with E-state index in [4.69, 9.17) is 0 Å². The van der Waals surface area contributed by atoms with Gasteiger partial charge >= 0.3 is 0 Å². The first-order valence-corrected chi connectivity index (χ1v) is 8.37. The molecule has 0 spiro atoms. The molecule has 19 heavy (non-hydrogen) atoms. The van der Waals surface area contributed by atoms with Crippen molar-refractivity contribution in [3.63, 3.8) is 0 Å². The lowest BCUT2D eigenvalue weighted by molar-refractivity contribution is 0.357. The van der Waals surface area contributed by atoms with E-state index in [9.17, 15) is 8.42 Å². The molecule has 5 heteroatoms. The maximum Gasteiger partial charge on any atom is 0.240 e. The van der Waals surface area contributed by atoms with Gasteiger partial charge in [-0.3, -0.25) is 0 Å². The molecule has 0 heterocycles. The van der Waals surface area contributed by atoms with Crippen molar-refractivity contribution in [2.75, 3.05) is 18.9 Å². The van der Waals surface area contributed by atoms with E-state index in [0.717, 1.165) is 18.5 Å². The summed E-state index contributed by atoms with van der Waals surface area (Å²) >= 11 is 0. The van der Waals surface area contributed by atoms with E-state index in [1.807, 2.05) is 7.05 Å². The molecule has 1 aliphatic carbocycles. The van der Waals surface area contributed by atoms with Gasteiger partial charge in [0, 0.05) is 19.3 Å². The third-order valence-corrected chi connectivity index (χ3v) is 5.18. The molecule has 4 nitrogen and oxygen atoms in total. The monoisotopic (exact) mass is 282 g/mol. The van der Waals surface area contributed by atoms with Gasteiger partial charge in [0.05, 0.1) is 4.90 Å². The smallest absolute Gasteiger partial charge is 0.240 e. The second-order valence-electron chi connectivity index (χ2n) is 5.13. The van der Waals surface area contributed by atoms with Crippen LogP contribution >= 0.6 is 0 Å². The van der Waals surface area contributed by atoms with Crippen molar-refractivity contribution < 1.29 is 8.42 Å². The first kappa shape index (κ1) is 14.3. The highest BCUT2D eigenvalue weighted by Gasteiger charge is 2.18. The topological polar surface area (TPSA) is 58.2 Å². The van der Waals surface area contributed by atoms with Crippen LogP contribution in [0.1, 0.15) is 32.1 Å². The highest BCUT2D eigenvalue weighted by molar-refractivity contribution is 7.89. The lowest BCUT2D eigenvalue weighted by Crippen LogP contribution is -2.30. The average molecular weight is 282 g/mol. The number of hydrogen-bond donors (Lipinski definition) is 2. The molecule has 1 aromatic rings. The molecule has 1 saturated carbocycles. The standard InChI is InChI=1S/C14H22N2O2S/c1-15-13-7-9-14(10-8-13)19(17,18)16-11-12-5-3-2-4-6-12/h7-10,12,15-16H,2-6,11H2,1H3. The summed E-state index contributed by atoms with van der Waals surface area (Å²) in [5, 5.41) is 2.97. The van der Waals surface area contributed by atoms with Gasteiger partial charge in [-0.15, -0.1) is 0 Å². The molecule has 0 unspecified atom stereocenters. The second kappa shape index (κ2) is 6.39. The number of hydrogen-bond acceptors (Lipinski definition) is 3. The van der Waals surface area contributed by atoms with Gasteiger partial charge in [-0.25, -0.2) is 13.1 Å². The van der Waals surface area contributed by atoms with Gasteiger partial charge in [0.2, 0.25) is 10.0 Å². The van der Waals surface area contributed by atoms with E-state index in [1.54, 1.807) is 24.3 Å². The fourth-order valence-corrected chi connectivity index (χ4v) is 3.62. The van der Waals surface area contributed by atoms with Crippen molar-refractivity contribution in [1.29, 1.82) is 0 Å². The molecule has 1 aromatic carbocycles. The third-order valence-electron chi connectivity index (χ3n) is 3.74. The van der Waals surface area contributed by atoms with Gasteiger partial charge in [0.1, 0.15) is 0 Å². The predicted octanol–water partition coefficient (Wildman–Crippen LogP) is 2.59. The van der Waals surface area contributed by atoms with E-state index in [1.165, 1.54) is 19.3 Å². The summed E-state index contributed by atoms with van der Waals surface area (Å²) in [6.07, 6.45) is 6.02. The summed E-state index contributed by atoms with van der Waals surface area (Å²) in [6, 6.07) is 6.81. The van der Waals surface area contributed by atoms with Crippen molar-refractivity contribution in [3.05, 3.63) is 24.3 Å². The molecule has 1 aliphatic rings. The minimum Gasteiger partial charge on any atom is -0.388 e. The average Bonchev–Trinajstić information content (AvgIpc) is 2.46. The van der Waals surface area contributed by atoms with Gasteiger partial charge in [-0.1, -0.05) is 19.3 Å². The first-order chi connectivity index (χ1) is 9.12. The van der Waals surface area contributed by atoms with E-state index < -0.39 is 10.0 Å². The molecular formula is C14H22N2O2S. The summed E-state index contributed by atoms with van der Waals surface area (Å²) in [7, 11) is -1.55. The SMILES string of the molecule is CNc1ccc(S(=O)(=O)NCC2CCCCC2)cc1. The van der Waals surface area contributed by atoms with Gasteiger partial charge in [0.25, 0.3) is 0 Å². The molecule has 1 fully saturated rings. The van der Waals surface area contributed by atoms with Crippen LogP contribution in [0.5, 0.6) is 0 Å². The molecule has 2 rings (SSSR count). The predicted molar refractivity (Wildman–Crippen MR) is 77.8 cm³/mol. The highest BCUT2D eigenvalue weighted by atomic mass is 32.2. The number of sulfonamides is 1. The zero-order valence-corrected chi connectivity index (χ0v) is 12.2. The van der Waals surface area contributed by atoms with Crippen molar-refractivity contribution in [3.8, 4) is 0 Å². The lowest BCUT2D eigenvalue weighted by atomic mass is 9.90. The Balaban J connectivity index is 1.96. The molecule has 0 amide bonds. The number of rotatable bonds is 5. The fourth-order valence-electron chi connectivity index (χ4n) is 2.50. The normalized spacial score (nSPS) is 17.3. The Kier molecular flexibility index (Phi) is 4.82. The molecular weight excluding hydrogens is 260 g/mol. The summed E-state index contributed by atoms with van der Waals surface area (Å²) in [4.78, 5) is 0.335. The van der Waals surface area contributed by atoms with Crippen LogP contribution in [0.3, 0.4) is 0 Å². The molecule has 2 N–H and O–H groups in total. The Hall–Kier alpha value is -1.07. The molecule has 0 atom stereocenters. The van der Waals surface area contributed by atoms with Crippen LogP contribution in [0.2, 0.25) is 0 Å². The summed E-state index contributed by atoms with van der Waals surface area (Å²) in [5.74, 6) is 0.500. The zero-order valence-electron chi connectivity index (χ0n) is 11.4. The van der Waals surface area contributed by atoms with Gasteiger partial charge in [0.15, 0.2) is 0 Å². The second-order valence-corrected chi connectivity index (χ2v) is 6.90. The molecule has 0 aliphatic heterocycles. The quantitative estimate of drug-likeness (QED) is 0.872. The number of benzene rings is 1. The van der Waals surface area contributed by atoms with Crippen LogP contribution < -0.4 is 10.0 Å². The van der Waals surface area contributed by atoms with Gasteiger partial charge < -0.3 is 5.32 Å². The number of nitrogens with one attached hydrogen (secondary N) is 2. The van der Waals surface area contributed by atoms with Crippen LogP contribution in [0.15, 0.2) is 29.2 Å². The fraction of sp³-hybridized carbons (Fsp3) is 0.571. The van der Waals surface area contributed by atoms with Crippen molar-refractivity contribution >= 4 is 15.7 Å². The zero-order chi connectivity index (χ0) is 13.7. The molecule has 0 saturated heterocycles. The van der Waals surface area contributed by atoms with Crippen LogP contribution in [-0.4, -0.2) is 22.0 Å². The van der Waals surface area contributed by atoms with Crippen molar-refractivity contribution in [2.45, 2.75) is 37.0 Å². The Morgan fingerprint density at radius 2 is 1.74 bits per heavy atom. The van der Waals surface area contributed by atoms with Gasteiger partial charge in [-0.05, 0) is 43.0 Å². The Morgan fingerprint density at radius 1 is 1.11 bits per heavy atom. The minimum absolute atomic E-state index is 0.335. The number of anilines is 1. The summed E-state index contributed by atoms with van der Waals surface area (Å²) in [5.41, 5.74) is 0.909. The van der Waals surface area contributed by atoms with E-state index in [0.29, 0.717) is 17.4 Å². The van der Waals surface area contributed by atoms with Crippen molar-refractivity contribution in [1.82, 2.24) is 4.72 Å². The van der Waals surface area contributed by atoms with E-state index in [-0.39, 0.29) is 0 Å². The maximum atomic E-state index is 12.1. The maximum absolute atomic E-state index is 12.1. The van der Waals surface area contributed by atoms with Crippen molar-refractivity contribution in [2.24, 2.45) is 5.92 Å². The summed E-state index contributed by atoms with van der Waals surface area (Å²) < 4.78 is 27.0. The lowest BCUT2D eigenvalue weighted by Gasteiger charge is -2.21. The van der Waals surface area contributed by atoms with Crippen LogP contribution in [0.4, 0.5) is 5.69 Å². The molecule has 106 valence electrons. The summed E-state index contributed by atoms with van der Waals surface area (Å²) in [6.45, 7) is 0.566. The Labute approximate surface area is 115 Å². The first-order valence-electron chi connectivity index (χ1n) is 6.89. The van der Waals surface area contributed by atoms with Crippen LogP contribution in [-0.2, 0) is 10.0 Å². The minimum atomic E-state index is -3.36. The molecule has 0 bridgehead atoms. The van der Waals surface area contributed by atoms with E-state index in [2.05, 4.69) is 10.0 Å². The highest BCUT2D eigenvalue weighted by Crippen LogP contribution is 2.23. The molecule has 0 aromatic heterocycles. The Morgan fingerprint density at radius 3 is 2.32 bits per heavy atom. The Bertz CT molecular complexity index is 491. The van der Waals surface area contributed by atoms with E-state index >= 15 is 0 Å². The van der Waals surface area contributed by atoms with Crippen LogP contribution in [0, 0.1) is 5.92 Å². The van der Waals surface area contributed by atoms with Crippen LogP contribution in [0.25, 0.3) is 0 Å². The third kappa shape index (κ3) is 3.94.